The summed E-state index contributed by atoms with van der Waals surface area (Å²) in [5.41, 5.74) is 6.83. The molecule has 3 nitrogen and oxygen atoms in total. The lowest BCUT2D eigenvalue weighted by atomic mass is 10.1. The fraction of sp³-hybridized carbons (Fsp3) is 0.571. The Balaban J connectivity index is 2.70. The lowest BCUT2D eigenvalue weighted by Gasteiger charge is -2.20. The standard InChI is InChI=1S/C14H24N2O/c1-10(2)17-14-7-5-6-13(8-14)12(4)16-11(3)9-15/h5-8,10-12,16H,9,15H2,1-4H3. The second-order valence-corrected chi connectivity index (χ2v) is 4.76. The van der Waals surface area contributed by atoms with Crippen LogP contribution in [0.3, 0.4) is 0 Å². The Bertz CT molecular complexity index is 339. The molecule has 17 heavy (non-hydrogen) atoms. The highest BCUT2D eigenvalue weighted by Crippen LogP contribution is 2.20. The van der Waals surface area contributed by atoms with Crippen LogP contribution in [-0.4, -0.2) is 18.7 Å². The number of ether oxygens (including phenoxy) is 1. The van der Waals surface area contributed by atoms with Gasteiger partial charge in [0.05, 0.1) is 6.10 Å². The van der Waals surface area contributed by atoms with E-state index in [1.165, 1.54) is 5.56 Å². The van der Waals surface area contributed by atoms with Crippen molar-refractivity contribution in [3.05, 3.63) is 29.8 Å². The summed E-state index contributed by atoms with van der Waals surface area (Å²) in [6.07, 6.45) is 0.205. The van der Waals surface area contributed by atoms with Crippen LogP contribution in [0.25, 0.3) is 0 Å². The lowest BCUT2D eigenvalue weighted by Crippen LogP contribution is -2.35. The van der Waals surface area contributed by atoms with Gasteiger partial charge in [0.25, 0.3) is 0 Å². The Kier molecular flexibility index (Phi) is 5.45. The van der Waals surface area contributed by atoms with E-state index in [0.29, 0.717) is 12.6 Å². The molecule has 1 rings (SSSR count). The Labute approximate surface area is 104 Å². The normalized spacial score (nSPS) is 14.7. The summed E-state index contributed by atoms with van der Waals surface area (Å²) in [5.74, 6) is 0.923. The first-order valence-corrected chi connectivity index (χ1v) is 6.25. The SMILES string of the molecule is CC(CN)NC(C)c1cccc(OC(C)C)c1. The molecule has 0 aliphatic carbocycles. The zero-order chi connectivity index (χ0) is 12.8. The number of hydrogen-bond donors (Lipinski definition) is 2. The van der Waals surface area contributed by atoms with Crippen LogP contribution < -0.4 is 15.8 Å². The van der Waals surface area contributed by atoms with Gasteiger partial charge in [-0.2, -0.15) is 0 Å². The summed E-state index contributed by atoms with van der Waals surface area (Å²) in [6.45, 7) is 8.94. The first-order chi connectivity index (χ1) is 8.02. The summed E-state index contributed by atoms with van der Waals surface area (Å²) in [4.78, 5) is 0. The van der Waals surface area contributed by atoms with Gasteiger partial charge in [0.15, 0.2) is 0 Å². The molecule has 0 heterocycles. The number of nitrogens with one attached hydrogen (secondary N) is 1. The smallest absolute Gasteiger partial charge is 0.120 e. The van der Waals surface area contributed by atoms with Crippen LogP contribution in [0.4, 0.5) is 0 Å². The third-order valence-electron chi connectivity index (χ3n) is 2.62. The van der Waals surface area contributed by atoms with Crippen molar-refractivity contribution in [2.75, 3.05) is 6.54 Å². The van der Waals surface area contributed by atoms with Crippen LogP contribution in [0, 0.1) is 0 Å². The predicted molar refractivity (Wildman–Crippen MR) is 72.3 cm³/mol. The van der Waals surface area contributed by atoms with Crippen LogP contribution >= 0.6 is 0 Å². The maximum atomic E-state index is 5.68. The van der Waals surface area contributed by atoms with Crippen molar-refractivity contribution in [1.29, 1.82) is 0 Å². The van der Waals surface area contributed by atoms with E-state index in [1.807, 2.05) is 26.0 Å². The molecule has 0 aliphatic heterocycles. The van der Waals surface area contributed by atoms with E-state index >= 15 is 0 Å². The average molecular weight is 236 g/mol. The van der Waals surface area contributed by atoms with Crippen molar-refractivity contribution in [2.24, 2.45) is 5.73 Å². The molecule has 0 fully saturated rings. The molecular weight excluding hydrogens is 212 g/mol. The van der Waals surface area contributed by atoms with Crippen molar-refractivity contribution in [3.63, 3.8) is 0 Å². The second kappa shape index (κ2) is 6.62. The second-order valence-electron chi connectivity index (χ2n) is 4.76. The maximum Gasteiger partial charge on any atom is 0.120 e. The van der Waals surface area contributed by atoms with Gasteiger partial charge in [-0.15, -0.1) is 0 Å². The highest BCUT2D eigenvalue weighted by Gasteiger charge is 2.09. The van der Waals surface area contributed by atoms with E-state index in [9.17, 15) is 0 Å². The van der Waals surface area contributed by atoms with Gasteiger partial charge >= 0.3 is 0 Å². The monoisotopic (exact) mass is 236 g/mol. The molecule has 2 unspecified atom stereocenters. The van der Waals surface area contributed by atoms with Crippen LogP contribution in [0.2, 0.25) is 0 Å². The van der Waals surface area contributed by atoms with E-state index in [4.69, 9.17) is 10.5 Å². The zero-order valence-electron chi connectivity index (χ0n) is 11.2. The molecule has 3 N–H and O–H groups in total. The molecule has 0 saturated heterocycles. The Morgan fingerprint density at radius 1 is 1.24 bits per heavy atom. The van der Waals surface area contributed by atoms with Gasteiger partial charge in [0.1, 0.15) is 5.75 Å². The van der Waals surface area contributed by atoms with Crippen molar-refractivity contribution in [1.82, 2.24) is 5.32 Å². The van der Waals surface area contributed by atoms with E-state index in [2.05, 4.69) is 31.3 Å². The van der Waals surface area contributed by atoms with E-state index in [0.717, 1.165) is 5.75 Å². The Morgan fingerprint density at radius 2 is 1.94 bits per heavy atom. The molecule has 0 aliphatic rings. The zero-order valence-corrected chi connectivity index (χ0v) is 11.2. The maximum absolute atomic E-state index is 5.68. The predicted octanol–water partition coefficient (Wildman–Crippen LogP) is 2.47. The lowest BCUT2D eigenvalue weighted by molar-refractivity contribution is 0.242. The average Bonchev–Trinajstić information content (AvgIpc) is 2.28. The van der Waals surface area contributed by atoms with Gasteiger partial charge in [0, 0.05) is 18.6 Å². The largest absolute Gasteiger partial charge is 0.491 e. The van der Waals surface area contributed by atoms with Crippen molar-refractivity contribution in [3.8, 4) is 5.75 Å². The molecule has 0 radical (unpaired) electrons. The first-order valence-electron chi connectivity index (χ1n) is 6.25. The van der Waals surface area contributed by atoms with Crippen molar-refractivity contribution >= 4 is 0 Å². The highest BCUT2D eigenvalue weighted by atomic mass is 16.5. The molecule has 3 heteroatoms. The third kappa shape index (κ3) is 4.75. The fourth-order valence-electron chi connectivity index (χ4n) is 1.72. The molecule has 2 atom stereocenters. The Morgan fingerprint density at radius 3 is 2.53 bits per heavy atom. The van der Waals surface area contributed by atoms with Gasteiger partial charge in [-0.25, -0.2) is 0 Å². The van der Waals surface area contributed by atoms with Crippen molar-refractivity contribution in [2.45, 2.75) is 45.9 Å². The van der Waals surface area contributed by atoms with Crippen LogP contribution in [-0.2, 0) is 0 Å². The van der Waals surface area contributed by atoms with Gasteiger partial charge in [0.2, 0.25) is 0 Å². The number of nitrogens with two attached hydrogens (primary N) is 1. The number of rotatable bonds is 6. The summed E-state index contributed by atoms with van der Waals surface area (Å²) >= 11 is 0. The van der Waals surface area contributed by atoms with Gasteiger partial charge in [-0.1, -0.05) is 12.1 Å². The van der Waals surface area contributed by atoms with E-state index < -0.39 is 0 Å². The summed E-state index contributed by atoms with van der Waals surface area (Å²) in [6, 6.07) is 8.81. The minimum absolute atomic E-state index is 0.205. The Hall–Kier alpha value is -1.06. The number of benzene rings is 1. The minimum atomic E-state index is 0.205. The quantitative estimate of drug-likeness (QED) is 0.797. The van der Waals surface area contributed by atoms with Crippen LogP contribution in [0.5, 0.6) is 5.75 Å². The molecular formula is C14H24N2O. The minimum Gasteiger partial charge on any atom is -0.491 e. The van der Waals surface area contributed by atoms with Crippen molar-refractivity contribution < 1.29 is 4.74 Å². The molecule has 0 saturated carbocycles. The topological polar surface area (TPSA) is 47.3 Å². The first kappa shape index (κ1) is 14.0. The van der Waals surface area contributed by atoms with Gasteiger partial charge in [-0.05, 0) is 45.4 Å². The summed E-state index contributed by atoms with van der Waals surface area (Å²) < 4.78 is 5.68. The van der Waals surface area contributed by atoms with Crippen LogP contribution in [0.1, 0.15) is 39.3 Å². The number of hydrogen-bond acceptors (Lipinski definition) is 3. The summed E-state index contributed by atoms with van der Waals surface area (Å²) in [5, 5.41) is 3.45. The molecule has 0 bridgehead atoms. The van der Waals surface area contributed by atoms with Gasteiger partial charge < -0.3 is 15.8 Å². The van der Waals surface area contributed by atoms with Gasteiger partial charge in [-0.3, -0.25) is 0 Å². The molecule has 0 spiro atoms. The molecule has 1 aromatic rings. The van der Waals surface area contributed by atoms with Crippen LogP contribution in [0.15, 0.2) is 24.3 Å². The highest BCUT2D eigenvalue weighted by molar-refractivity contribution is 5.30. The van der Waals surface area contributed by atoms with E-state index in [1.54, 1.807) is 0 Å². The molecule has 0 amide bonds. The third-order valence-corrected chi connectivity index (χ3v) is 2.62. The molecule has 96 valence electrons. The van der Waals surface area contributed by atoms with E-state index in [-0.39, 0.29) is 12.1 Å². The molecule has 0 aromatic heterocycles. The molecule has 1 aromatic carbocycles. The fourth-order valence-corrected chi connectivity index (χ4v) is 1.72. The summed E-state index contributed by atoms with van der Waals surface area (Å²) in [7, 11) is 0.